The summed E-state index contributed by atoms with van der Waals surface area (Å²) in [5.41, 5.74) is 3.41. The normalized spacial score (nSPS) is 16.6. The van der Waals surface area contributed by atoms with Crippen molar-refractivity contribution in [2.75, 3.05) is 13.2 Å². The van der Waals surface area contributed by atoms with Crippen LogP contribution < -0.4 is 5.56 Å². The molecule has 1 saturated heterocycles. The summed E-state index contributed by atoms with van der Waals surface area (Å²) in [5, 5.41) is 0.959. The van der Waals surface area contributed by atoms with Crippen LogP contribution in [0.25, 0.3) is 10.9 Å². The molecule has 6 heteroatoms. The zero-order chi connectivity index (χ0) is 19.7. The van der Waals surface area contributed by atoms with E-state index in [-0.39, 0.29) is 29.9 Å². The monoisotopic (exact) mass is 380 g/mol. The van der Waals surface area contributed by atoms with Crippen LogP contribution in [0.3, 0.4) is 0 Å². The Morgan fingerprint density at radius 1 is 1.29 bits per heavy atom. The molecule has 0 radical (unpaired) electrons. The first-order valence-electron chi connectivity index (χ1n) is 9.59. The maximum absolute atomic E-state index is 12.9. The second-order valence-corrected chi connectivity index (χ2v) is 7.39. The molecule has 1 N–H and O–H groups in total. The van der Waals surface area contributed by atoms with Gasteiger partial charge in [0.1, 0.15) is 0 Å². The molecule has 6 nitrogen and oxygen atoms in total. The summed E-state index contributed by atoms with van der Waals surface area (Å²) in [6.07, 6.45) is 3.37. The molecule has 4 rings (SSSR count). The van der Waals surface area contributed by atoms with Crippen molar-refractivity contribution in [1.82, 2.24) is 9.88 Å². The highest BCUT2D eigenvalue weighted by atomic mass is 16.5. The Bertz CT molecular complexity index is 1050. The zero-order valence-corrected chi connectivity index (χ0v) is 16.2. The minimum Gasteiger partial charge on any atom is -0.459 e. The first-order chi connectivity index (χ1) is 13.5. The number of hydrogen-bond donors (Lipinski definition) is 1. The van der Waals surface area contributed by atoms with E-state index < -0.39 is 0 Å². The lowest BCUT2D eigenvalue weighted by Crippen LogP contribution is -2.38. The Hall–Kier alpha value is -2.86. The molecule has 1 fully saturated rings. The van der Waals surface area contributed by atoms with Gasteiger partial charge in [0.2, 0.25) is 0 Å². The largest absolute Gasteiger partial charge is 0.459 e. The molecule has 1 aliphatic heterocycles. The number of furan rings is 1. The Balaban J connectivity index is 1.67. The average molecular weight is 380 g/mol. The Kier molecular flexibility index (Phi) is 5.05. The number of fused-ring (bicyclic) bond motifs is 1. The molecule has 1 atom stereocenters. The average Bonchev–Trinajstić information content (AvgIpc) is 3.39. The van der Waals surface area contributed by atoms with Gasteiger partial charge in [-0.05, 0) is 61.4 Å². The molecule has 0 aliphatic carbocycles. The number of aryl methyl sites for hydroxylation is 2. The summed E-state index contributed by atoms with van der Waals surface area (Å²) in [6.45, 7) is 5.37. The van der Waals surface area contributed by atoms with E-state index in [9.17, 15) is 9.59 Å². The van der Waals surface area contributed by atoms with E-state index in [0.717, 1.165) is 34.9 Å². The highest BCUT2D eigenvalue weighted by molar-refractivity contribution is 5.91. The first kappa shape index (κ1) is 18.5. The van der Waals surface area contributed by atoms with Gasteiger partial charge in [0.05, 0.1) is 24.4 Å². The molecule has 146 valence electrons. The lowest BCUT2D eigenvalue weighted by Gasteiger charge is -2.24. The van der Waals surface area contributed by atoms with Crippen LogP contribution in [0.5, 0.6) is 0 Å². The lowest BCUT2D eigenvalue weighted by molar-refractivity contribution is 0.0483. The highest BCUT2D eigenvalue weighted by Crippen LogP contribution is 2.21. The number of carbonyl (C=O) groups excluding carboxylic acids is 1. The predicted octanol–water partition coefficient (Wildman–Crippen LogP) is 3.56. The summed E-state index contributed by atoms with van der Waals surface area (Å²) in [4.78, 5) is 30.3. The Morgan fingerprint density at radius 3 is 2.86 bits per heavy atom. The summed E-state index contributed by atoms with van der Waals surface area (Å²) in [7, 11) is 0. The number of nitrogens with zero attached hydrogens (tertiary/aromatic N) is 1. The van der Waals surface area contributed by atoms with Crippen molar-refractivity contribution in [2.24, 2.45) is 0 Å². The van der Waals surface area contributed by atoms with Crippen molar-refractivity contribution in [1.29, 1.82) is 0 Å². The molecule has 3 aromatic rings. The maximum Gasteiger partial charge on any atom is 0.289 e. The third-order valence-electron chi connectivity index (χ3n) is 5.46. The van der Waals surface area contributed by atoms with Gasteiger partial charge in [-0.15, -0.1) is 0 Å². The topological polar surface area (TPSA) is 75.5 Å². The number of rotatable bonds is 5. The van der Waals surface area contributed by atoms with Gasteiger partial charge in [0, 0.05) is 18.7 Å². The fourth-order valence-electron chi connectivity index (χ4n) is 3.70. The maximum atomic E-state index is 12.9. The van der Waals surface area contributed by atoms with Gasteiger partial charge in [-0.25, -0.2) is 0 Å². The highest BCUT2D eigenvalue weighted by Gasteiger charge is 2.25. The minimum atomic E-state index is -0.236. The second kappa shape index (κ2) is 7.64. The third kappa shape index (κ3) is 3.60. The van der Waals surface area contributed by atoms with E-state index in [2.05, 4.69) is 4.98 Å². The molecule has 2 aromatic heterocycles. The van der Waals surface area contributed by atoms with Crippen molar-refractivity contribution >= 4 is 16.8 Å². The van der Waals surface area contributed by atoms with E-state index in [1.165, 1.54) is 6.26 Å². The van der Waals surface area contributed by atoms with E-state index in [1.54, 1.807) is 17.0 Å². The summed E-state index contributed by atoms with van der Waals surface area (Å²) < 4.78 is 11.0. The minimum absolute atomic E-state index is 0.0108. The van der Waals surface area contributed by atoms with Gasteiger partial charge in [-0.1, -0.05) is 12.1 Å². The fraction of sp³-hybridized carbons (Fsp3) is 0.364. The fourth-order valence-corrected chi connectivity index (χ4v) is 3.70. The Morgan fingerprint density at radius 2 is 2.14 bits per heavy atom. The van der Waals surface area contributed by atoms with Crippen molar-refractivity contribution in [3.63, 3.8) is 0 Å². The summed E-state index contributed by atoms with van der Waals surface area (Å²) in [5.74, 6) is 0.0294. The smallest absolute Gasteiger partial charge is 0.289 e. The van der Waals surface area contributed by atoms with Crippen molar-refractivity contribution in [3.05, 3.63) is 69.4 Å². The Labute approximate surface area is 163 Å². The molecule has 3 heterocycles. The standard InChI is InChI=1S/C22H24N2O4/c1-14-7-8-16-11-17(21(25)23-20(16)15(14)2)12-24(13-18-5-3-9-27-18)22(26)19-6-4-10-28-19/h4,6-8,10-11,18H,3,5,9,12-13H2,1-2H3,(H,23,25)/t18-/m1/s1. The van der Waals surface area contributed by atoms with Gasteiger partial charge in [-0.2, -0.15) is 0 Å². The van der Waals surface area contributed by atoms with Crippen molar-refractivity contribution < 1.29 is 13.9 Å². The number of amides is 1. The summed E-state index contributed by atoms with van der Waals surface area (Å²) in [6, 6.07) is 9.24. The van der Waals surface area contributed by atoms with Gasteiger partial charge < -0.3 is 19.0 Å². The number of hydrogen-bond acceptors (Lipinski definition) is 4. The summed E-state index contributed by atoms with van der Waals surface area (Å²) >= 11 is 0. The number of nitrogens with one attached hydrogen (secondary N) is 1. The molecule has 1 amide bonds. The molecular weight excluding hydrogens is 356 g/mol. The molecule has 0 bridgehead atoms. The predicted molar refractivity (Wildman–Crippen MR) is 106 cm³/mol. The lowest BCUT2D eigenvalue weighted by atomic mass is 10.0. The quantitative estimate of drug-likeness (QED) is 0.734. The van der Waals surface area contributed by atoms with Crippen LogP contribution in [0.4, 0.5) is 0 Å². The van der Waals surface area contributed by atoms with Gasteiger partial charge in [0.25, 0.3) is 11.5 Å². The van der Waals surface area contributed by atoms with Crippen LogP contribution in [0.1, 0.15) is 40.1 Å². The van der Waals surface area contributed by atoms with E-state index in [4.69, 9.17) is 9.15 Å². The number of benzene rings is 1. The van der Waals surface area contributed by atoms with E-state index in [1.807, 2.05) is 32.0 Å². The van der Waals surface area contributed by atoms with Crippen molar-refractivity contribution in [3.8, 4) is 0 Å². The second-order valence-electron chi connectivity index (χ2n) is 7.39. The van der Waals surface area contributed by atoms with Crippen LogP contribution in [0.15, 0.2) is 45.8 Å². The molecular formula is C22H24N2O4. The van der Waals surface area contributed by atoms with Gasteiger partial charge >= 0.3 is 0 Å². The number of aromatic nitrogens is 1. The zero-order valence-electron chi connectivity index (χ0n) is 16.2. The molecule has 0 unspecified atom stereocenters. The van der Waals surface area contributed by atoms with Gasteiger partial charge in [0.15, 0.2) is 5.76 Å². The van der Waals surface area contributed by atoms with Gasteiger partial charge in [-0.3, -0.25) is 9.59 Å². The molecule has 28 heavy (non-hydrogen) atoms. The van der Waals surface area contributed by atoms with E-state index in [0.29, 0.717) is 18.7 Å². The van der Waals surface area contributed by atoms with Crippen LogP contribution in [-0.2, 0) is 11.3 Å². The number of carbonyl (C=O) groups is 1. The first-order valence-corrected chi connectivity index (χ1v) is 9.59. The van der Waals surface area contributed by atoms with Crippen LogP contribution in [0.2, 0.25) is 0 Å². The van der Waals surface area contributed by atoms with Crippen molar-refractivity contribution in [2.45, 2.75) is 39.3 Å². The SMILES string of the molecule is Cc1ccc2cc(CN(C[C@H]3CCCO3)C(=O)c3ccco3)c(=O)[nH]c2c1C. The number of ether oxygens (including phenoxy) is 1. The third-order valence-corrected chi connectivity index (χ3v) is 5.46. The van der Waals surface area contributed by atoms with Crippen LogP contribution >= 0.6 is 0 Å². The molecule has 0 saturated carbocycles. The number of H-pyrrole nitrogens is 1. The number of pyridine rings is 1. The van der Waals surface area contributed by atoms with E-state index >= 15 is 0 Å². The molecule has 1 aromatic carbocycles. The number of aromatic amines is 1. The molecule has 0 spiro atoms. The van der Waals surface area contributed by atoms with Crippen LogP contribution in [-0.4, -0.2) is 35.0 Å². The molecule has 1 aliphatic rings. The van der Waals surface area contributed by atoms with Crippen LogP contribution in [0, 0.1) is 13.8 Å².